The van der Waals surface area contributed by atoms with Crippen LogP contribution in [-0.4, -0.2) is 47.4 Å². The smallest absolute Gasteiger partial charge is 0.357 e. The Balaban J connectivity index is 1.52. The summed E-state index contributed by atoms with van der Waals surface area (Å²) in [6.07, 6.45) is 3.18. The van der Waals surface area contributed by atoms with Crippen LogP contribution in [0.25, 0.3) is 5.69 Å². The first-order chi connectivity index (χ1) is 15.0. The van der Waals surface area contributed by atoms with E-state index in [9.17, 15) is 14.0 Å². The van der Waals surface area contributed by atoms with E-state index in [1.54, 1.807) is 4.57 Å². The van der Waals surface area contributed by atoms with Crippen LogP contribution < -0.4 is 10.1 Å². The lowest BCUT2D eigenvalue weighted by atomic mass is 10.2. The molecule has 3 rings (SSSR count). The zero-order chi connectivity index (χ0) is 22.2. The molecule has 162 valence electrons. The Morgan fingerprint density at radius 3 is 2.68 bits per heavy atom. The molecule has 0 fully saturated rings. The van der Waals surface area contributed by atoms with Gasteiger partial charge in [0.25, 0.3) is 5.91 Å². The molecule has 0 aliphatic carbocycles. The van der Waals surface area contributed by atoms with Crippen LogP contribution in [0.1, 0.15) is 16.1 Å². The third kappa shape index (κ3) is 6.08. The molecule has 0 saturated carbocycles. The number of halogens is 1. The van der Waals surface area contributed by atoms with Crippen LogP contribution in [0.15, 0.2) is 59.9 Å². The summed E-state index contributed by atoms with van der Waals surface area (Å²) < 4.78 is 25.5. The van der Waals surface area contributed by atoms with Crippen molar-refractivity contribution < 1.29 is 23.5 Å². The fourth-order valence-electron chi connectivity index (χ4n) is 2.78. The molecule has 0 atom stereocenters. The minimum atomic E-state index is -0.705. The molecule has 1 amide bonds. The third-order valence-electron chi connectivity index (χ3n) is 4.22. The highest BCUT2D eigenvalue weighted by molar-refractivity contribution is 7.98. The zero-order valence-corrected chi connectivity index (χ0v) is 17.9. The Kier molecular flexibility index (Phi) is 7.66. The maximum absolute atomic E-state index is 13.2. The molecular weight excluding hydrogens is 421 g/mol. The van der Waals surface area contributed by atoms with Crippen molar-refractivity contribution in [1.82, 2.24) is 14.9 Å². The average Bonchev–Trinajstić information content (AvgIpc) is 3.20. The summed E-state index contributed by atoms with van der Waals surface area (Å²) in [5.41, 5.74) is 1.79. The minimum absolute atomic E-state index is 0.145. The molecule has 1 heterocycles. The zero-order valence-electron chi connectivity index (χ0n) is 17.1. The second kappa shape index (κ2) is 10.6. The highest BCUT2D eigenvalue weighted by Crippen LogP contribution is 2.22. The molecule has 0 unspecified atom stereocenters. The average molecular weight is 444 g/mol. The van der Waals surface area contributed by atoms with E-state index in [0.29, 0.717) is 10.8 Å². The molecule has 3 aromatic rings. The second-order valence-electron chi connectivity index (χ2n) is 6.53. The van der Waals surface area contributed by atoms with Crippen LogP contribution >= 0.6 is 11.8 Å². The van der Waals surface area contributed by atoms with Gasteiger partial charge < -0.3 is 14.8 Å². The van der Waals surface area contributed by atoms with Gasteiger partial charge in [-0.3, -0.25) is 9.36 Å². The van der Waals surface area contributed by atoms with E-state index >= 15 is 0 Å². The Morgan fingerprint density at radius 1 is 1.19 bits per heavy atom. The van der Waals surface area contributed by atoms with Gasteiger partial charge in [0.1, 0.15) is 18.2 Å². The first kappa shape index (κ1) is 22.4. The van der Waals surface area contributed by atoms with Crippen molar-refractivity contribution in [1.29, 1.82) is 0 Å². The number of ether oxygens (including phenoxy) is 2. The van der Waals surface area contributed by atoms with E-state index in [4.69, 9.17) is 9.47 Å². The Bertz CT molecular complexity index is 1050. The molecule has 1 N–H and O–H groups in total. The summed E-state index contributed by atoms with van der Waals surface area (Å²) >= 11 is 1.33. The molecule has 0 spiro atoms. The number of thioether (sulfide) groups is 1. The summed E-state index contributed by atoms with van der Waals surface area (Å²) in [6, 6.07) is 13.2. The number of carbonyl (C=O) groups is 2. The number of rotatable bonds is 9. The van der Waals surface area contributed by atoms with Gasteiger partial charge in [0.05, 0.1) is 12.7 Å². The van der Waals surface area contributed by atoms with Gasteiger partial charge in [-0.25, -0.2) is 14.2 Å². The molecule has 0 bridgehead atoms. The van der Waals surface area contributed by atoms with Crippen molar-refractivity contribution >= 4 is 23.6 Å². The van der Waals surface area contributed by atoms with Gasteiger partial charge in [0.15, 0.2) is 17.5 Å². The monoisotopic (exact) mass is 443 g/mol. The van der Waals surface area contributed by atoms with E-state index in [1.807, 2.05) is 37.4 Å². The number of hydrogen-bond donors (Lipinski definition) is 1. The molecule has 1 aromatic heterocycles. The number of amides is 1. The van der Waals surface area contributed by atoms with E-state index in [1.165, 1.54) is 42.2 Å². The molecule has 0 aliphatic rings. The maximum atomic E-state index is 13.2. The van der Waals surface area contributed by atoms with Gasteiger partial charge in [-0.15, -0.1) is 0 Å². The van der Waals surface area contributed by atoms with Gasteiger partial charge >= 0.3 is 5.97 Å². The van der Waals surface area contributed by atoms with Crippen molar-refractivity contribution in [2.24, 2.45) is 0 Å². The number of nitrogens with zero attached hydrogens (tertiary/aromatic N) is 2. The molecule has 7 nitrogen and oxygen atoms in total. The largest absolute Gasteiger partial charge is 0.492 e. The third-order valence-corrected chi connectivity index (χ3v) is 4.88. The first-order valence-corrected chi connectivity index (χ1v) is 10.7. The van der Waals surface area contributed by atoms with Crippen LogP contribution in [0.4, 0.5) is 4.39 Å². The van der Waals surface area contributed by atoms with E-state index in [2.05, 4.69) is 10.3 Å². The Morgan fingerprint density at radius 2 is 1.97 bits per heavy atom. The minimum Gasteiger partial charge on any atom is -0.492 e. The number of nitrogens with one attached hydrogen (secondary N) is 1. The number of carbonyl (C=O) groups excluding carboxylic acids is 2. The van der Waals surface area contributed by atoms with Crippen LogP contribution in [0.2, 0.25) is 0 Å². The molecule has 0 saturated heterocycles. The van der Waals surface area contributed by atoms with Crippen LogP contribution in [0.3, 0.4) is 0 Å². The van der Waals surface area contributed by atoms with Crippen molar-refractivity contribution in [3.63, 3.8) is 0 Å². The van der Waals surface area contributed by atoms with Gasteiger partial charge in [-0.05, 0) is 55.1 Å². The van der Waals surface area contributed by atoms with E-state index in [-0.39, 0.29) is 24.7 Å². The predicted octanol–water partition coefficient (Wildman–Crippen LogP) is 3.39. The van der Waals surface area contributed by atoms with E-state index < -0.39 is 18.5 Å². The normalized spacial score (nSPS) is 10.5. The molecule has 0 aliphatic heterocycles. The topological polar surface area (TPSA) is 82.4 Å². The van der Waals surface area contributed by atoms with Crippen LogP contribution in [0.5, 0.6) is 5.75 Å². The van der Waals surface area contributed by atoms with Gasteiger partial charge in [0.2, 0.25) is 0 Å². The summed E-state index contributed by atoms with van der Waals surface area (Å²) in [5.74, 6) is -0.816. The number of benzene rings is 2. The standard InChI is InChI=1S/C22H22FN3O4S/c1-15-4-3-5-18(12-15)29-11-10-24-20(27)14-30-21(28)19-13-25-22(31-2)26(19)17-8-6-16(23)7-9-17/h3-9,12-13H,10-11,14H2,1-2H3,(H,24,27). The SMILES string of the molecule is CSc1ncc(C(=O)OCC(=O)NCCOc2cccc(C)c2)n1-c1ccc(F)cc1. The van der Waals surface area contributed by atoms with Crippen LogP contribution in [0, 0.1) is 12.7 Å². The maximum Gasteiger partial charge on any atom is 0.357 e. The predicted molar refractivity (Wildman–Crippen MR) is 115 cm³/mol. The molecule has 31 heavy (non-hydrogen) atoms. The van der Waals surface area contributed by atoms with Crippen molar-refractivity contribution in [3.8, 4) is 11.4 Å². The summed E-state index contributed by atoms with van der Waals surface area (Å²) in [5, 5.41) is 3.17. The lowest BCUT2D eigenvalue weighted by Crippen LogP contribution is -2.32. The molecular formula is C22H22FN3O4S. The van der Waals surface area contributed by atoms with Crippen molar-refractivity contribution in [3.05, 3.63) is 71.8 Å². The highest BCUT2D eigenvalue weighted by Gasteiger charge is 2.20. The number of imidazole rings is 1. The molecule has 0 radical (unpaired) electrons. The number of hydrogen-bond acceptors (Lipinski definition) is 6. The second-order valence-corrected chi connectivity index (χ2v) is 7.31. The Hall–Kier alpha value is -3.33. The number of aryl methyl sites for hydroxylation is 1. The van der Waals surface area contributed by atoms with E-state index in [0.717, 1.165) is 11.3 Å². The first-order valence-electron chi connectivity index (χ1n) is 9.49. The molecule has 9 heteroatoms. The quantitative estimate of drug-likeness (QED) is 0.310. The van der Waals surface area contributed by atoms with Gasteiger partial charge in [0, 0.05) is 5.69 Å². The fourth-order valence-corrected chi connectivity index (χ4v) is 3.33. The molecule has 2 aromatic carbocycles. The summed E-state index contributed by atoms with van der Waals surface area (Å²) in [4.78, 5) is 28.7. The highest BCUT2D eigenvalue weighted by atomic mass is 32.2. The fraction of sp³-hybridized carbons (Fsp3) is 0.227. The number of esters is 1. The summed E-state index contributed by atoms with van der Waals surface area (Å²) in [7, 11) is 0. The lowest BCUT2D eigenvalue weighted by Gasteiger charge is -2.11. The number of aromatic nitrogens is 2. The van der Waals surface area contributed by atoms with Gasteiger partial charge in [-0.1, -0.05) is 23.9 Å². The van der Waals surface area contributed by atoms with Crippen molar-refractivity contribution in [2.45, 2.75) is 12.1 Å². The van der Waals surface area contributed by atoms with Crippen molar-refractivity contribution in [2.75, 3.05) is 26.0 Å². The lowest BCUT2D eigenvalue weighted by molar-refractivity contribution is -0.124. The van der Waals surface area contributed by atoms with Crippen LogP contribution in [-0.2, 0) is 9.53 Å². The Labute approximate surface area is 183 Å². The van der Waals surface area contributed by atoms with Gasteiger partial charge in [-0.2, -0.15) is 0 Å². The summed E-state index contributed by atoms with van der Waals surface area (Å²) in [6.45, 7) is 2.09.